The fraction of sp³-hybridized carbons (Fsp3) is 0.533. The van der Waals surface area contributed by atoms with Gasteiger partial charge in [0.2, 0.25) is 0 Å². The van der Waals surface area contributed by atoms with E-state index in [0.29, 0.717) is 6.42 Å². The highest BCUT2D eigenvalue weighted by molar-refractivity contribution is 9.10. The van der Waals surface area contributed by atoms with E-state index in [9.17, 15) is 4.79 Å². The highest BCUT2D eigenvalue weighted by Gasteiger charge is 2.14. The molecule has 1 atom stereocenters. The van der Waals surface area contributed by atoms with E-state index in [-0.39, 0.29) is 24.6 Å². The molecule has 2 N–H and O–H groups in total. The van der Waals surface area contributed by atoms with Crippen molar-refractivity contribution in [3.05, 3.63) is 28.2 Å². The first-order chi connectivity index (χ1) is 9.31. The summed E-state index contributed by atoms with van der Waals surface area (Å²) in [6, 6.07) is 5.96. The van der Waals surface area contributed by atoms with Gasteiger partial charge in [0.15, 0.2) is 6.61 Å². The number of hydrogen-bond donors (Lipinski definition) is 1. The monoisotopic (exact) mass is 342 g/mol. The Bertz CT molecular complexity index is 461. The third-order valence-electron chi connectivity index (χ3n) is 3.08. The van der Waals surface area contributed by atoms with Crippen molar-refractivity contribution in [3.8, 4) is 5.75 Å². The van der Waals surface area contributed by atoms with Crippen LogP contribution >= 0.6 is 15.9 Å². The van der Waals surface area contributed by atoms with E-state index in [0.717, 1.165) is 15.8 Å². The lowest BCUT2D eigenvalue weighted by atomic mass is 10.1. The molecule has 112 valence electrons. The normalized spacial score (nSPS) is 12.3. The molecule has 20 heavy (non-hydrogen) atoms. The molecule has 4 nitrogen and oxygen atoms in total. The Kier molecular flexibility index (Phi) is 6.49. The van der Waals surface area contributed by atoms with Crippen molar-refractivity contribution in [3.63, 3.8) is 0 Å². The van der Waals surface area contributed by atoms with Crippen molar-refractivity contribution in [2.75, 3.05) is 13.7 Å². The van der Waals surface area contributed by atoms with Gasteiger partial charge in [0.1, 0.15) is 5.75 Å². The van der Waals surface area contributed by atoms with E-state index >= 15 is 0 Å². The first-order valence-corrected chi connectivity index (χ1v) is 7.53. The van der Waals surface area contributed by atoms with E-state index < -0.39 is 0 Å². The number of nitrogens with two attached hydrogens (primary N) is 1. The Morgan fingerprint density at radius 1 is 1.40 bits per heavy atom. The summed E-state index contributed by atoms with van der Waals surface area (Å²) in [5.41, 5.74) is 6.85. The number of halogens is 1. The van der Waals surface area contributed by atoms with E-state index in [1.54, 1.807) is 11.9 Å². The number of hydrogen-bond acceptors (Lipinski definition) is 3. The van der Waals surface area contributed by atoms with Crippen molar-refractivity contribution >= 4 is 21.8 Å². The minimum atomic E-state index is -0.0327. The molecule has 0 saturated heterocycles. The molecule has 1 amide bonds. The zero-order chi connectivity index (χ0) is 15.3. The number of benzene rings is 1. The standard InChI is InChI=1S/C15H23BrN2O2/c1-10(2)18(4)15(19)9-20-14-6-5-13(16)8-12(14)7-11(3)17/h5-6,8,10-11H,7,9,17H2,1-4H3. The van der Waals surface area contributed by atoms with Crippen LogP contribution in [0.3, 0.4) is 0 Å². The number of likely N-dealkylation sites (N-methyl/N-ethyl adjacent to an activating group) is 1. The topological polar surface area (TPSA) is 55.6 Å². The molecule has 0 aliphatic carbocycles. The molecule has 1 unspecified atom stereocenters. The Labute approximate surface area is 129 Å². The fourth-order valence-corrected chi connectivity index (χ4v) is 2.13. The van der Waals surface area contributed by atoms with Crippen LogP contribution < -0.4 is 10.5 Å². The first-order valence-electron chi connectivity index (χ1n) is 6.73. The highest BCUT2D eigenvalue weighted by Crippen LogP contribution is 2.24. The van der Waals surface area contributed by atoms with Gasteiger partial charge in [-0.25, -0.2) is 0 Å². The molecule has 0 fully saturated rings. The van der Waals surface area contributed by atoms with Crippen LogP contribution in [0.5, 0.6) is 5.75 Å². The Morgan fingerprint density at radius 3 is 2.60 bits per heavy atom. The molecule has 0 heterocycles. The van der Waals surface area contributed by atoms with Crippen LogP contribution in [0.15, 0.2) is 22.7 Å². The zero-order valence-electron chi connectivity index (χ0n) is 12.5. The van der Waals surface area contributed by atoms with Gasteiger partial charge >= 0.3 is 0 Å². The summed E-state index contributed by atoms with van der Waals surface area (Å²) in [5.74, 6) is 0.686. The van der Waals surface area contributed by atoms with Crippen molar-refractivity contribution in [2.24, 2.45) is 5.73 Å². The summed E-state index contributed by atoms with van der Waals surface area (Å²) in [7, 11) is 1.78. The van der Waals surface area contributed by atoms with Crippen molar-refractivity contribution in [2.45, 2.75) is 39.3 Å². The van der Waals surface area contributed by atoms with Crippen molar-refractivity contribution < 1.29 is 9.53 Å². The third kappa shape index (κ3) is 5.13. The fourth-order valence-electron chi connectivity index (χ4n) is 1.72. The molecular formula is C15H23BrN2O2. The van der Waals surface area contributed by atoms with Crippen LogP contribution in [0.4, 0.5) is 0 Å². The number of carbonyl (C=O) groups excluding carboxylic acids is 1. The lowest BCUT2D eigenvalue weighted by molar-refractivity contribution is -0.133. The number of amides is 1. The van der Waals surface area contributed by atoms with Crippen LogP contribution in [-0.4, -0.2) is 36.5 Å². The zero-order valence-corrected chi connectivity index (χ0v) is 14.1. The average molecular weight is 343 g/mol. The first kappa shape index (κ1) is 17.0. The number of carbonyl (C=O) groups is 1. The molecular weight excluding hydrogens is 320 g/mol. The molecule has 0 aliphatic rings. The number of nitrogens with zero attached hydrogens (tertiary/aromatic N) is 1. The van der Waals surface area contributed by atoms with Crippen molar-refractivity contribution in [1.29, 1.82) is 0 Å². The molecule has 0 aromatic heterocycles. The number of ether oxygens (including phenoxy) is 1. The summed E-state index contributed by atoms with van der Waals surface area (Å²) < 4.78 is 6.64. The molecule has 1 rings (SSSR count). The molecule has 0 spiro atoms. The molecule has 5 heteroatoms. The Hall–Kier alpha value is -1.07. The predicted molar refractivity (Wildman–Crippen MR) is 84.9 cm³/mol. The second kappa shape index (κ2) is 7.64. The van der Waals surface area contributed by atoms with Gasteiger partial charge in [-0.1, -0.05) is 15.9 Å². The van der Waals surface area contributed by atoms with Gasteiger partial charge in [0, 0.05) is 23.6 Å². The predicted octanol–water partition coefficient (Wildman–Crippen LogP) is 2.58. The average Bonchev–Trinajstić information content (AvgIpc) is 2.35. The van der Waals surface area contributed by atoms with Gasteiger partial charge in [0.25, 0.3) is 5.91 Å². The van der Waals surface area contributed by atoms with E-state index in [4.69, 9.17) is 10.5 Å². The van der Waals surface area contributed by atoms with Gasteiger partial charge in [-0.2, -0.15) is 0 Å². The Morgan fingerprint density at radius 2 is 2.05 bits per heavy atom. The molecule has 0 saturated carbocycles. The smallest absolute Gasteiger partial charge is 0.260 e. The van der Waals surface area contributed by atoms with Crippen LogP contribution in [0, 0.1) is 0 Å². The van der Waals surface area contributed by atoms with E-state index in [1.807, 2.05) is 39.0 Å². The summed E-state index contributed by atoms with van der Waals surface area (Å²) in [4.78, 5) is 13.6. The van der Waals surface area contributed by atoms with Crippen LogP contribution in [0.2, 0.25) is 0 Å². The van der Waals surface area contributed by atoms with Crippen LogP contribution in [0.25, 0.3) is 0 Å². The van der Waals surface area contributed by atoms with Gasteiger partial charge in [0.05, 0.1) is 0 Å². The molecule has 1 aromatic carbocycles. The van der Waals surface area contributed by atoms with Gasteiger partial charge in [-0.15, -0.1) is 0 Å². The lowest BCUT2D eigenvalue weighted by Gasteiger charge is -2.22. The minimum absolute atomic E-state index is 0.0327. The highest BCUT2D eigenvalue weighted by atomic mass is 79.9. The Balaban J connectivity index is 2.74. The lowest BCUT2D eigenvalue weighted by Crippen LogP contribution is -2.36. The summed E-state index contributed by atoms with van der Waals surface area (Å²) in [5, 5.41) is 0. The third-order valence-corrected chi connectivity index (χ3v) is 3.58. The molecule has 0 aliphatic heterocycles. The largest absolute Gasteiger partial charge is 0.483 e. The maximum absolute atomic E-state index is 11.9. The minimum Gasteiger partial charge on any atom is -0.483 e. The van der Waals surface area contributed by atoms with Crippen LogP contribution in [0.1, 0.15) is 26.3 Å². The van der Waals surface area contributed by atoms with Gasteiger partial charge in [-0.05, 0) is 51.0 Å². The summed E-state index contributed by atoms with van der Waals surface area (Å²) >= 11 is 3.44. The van der Waals surface area contributed by atoms with E-state index in [1.165, 1.54) is 0 Å². The second-order valence-corrected chi connectivity index (χ2v) is 6.24. The van der Waals surface area contributed by atoms with Gasteiger partial charge < -0.3 is 15.4 Å². The van der Waals surface area contributed by atoms with Crippen molar-refractivity contribution in [1.82, 2.24) is 4.90 Å². The summed E-state index contributed by atoms with van der Waals surface area (Å²) in [6.45, 7) is 5.93. The number of rotatable bonds is 6. The van der Waals surface area contributed by atoms with E-state index in [2.05, 4.69) is 15.9 Å². The maximum Gasteiger partial charge on any atom is 0.260 e. The SMILES string of the molecule is CC(N)Cc1cc(Br)ccc1OCC(=O)N(C)C(C)C. The second-order valence-electron chi connectivity index (χ2n) is 5.32. The maximum atomic E-state index is 11.9. The van der Waals surface area contributed by atoms with Crippen LogP contribution in [-0.2, 0) is 11.2 Å². The summed E-state index contributed by atoms with van der Waals surface area (Å²) in [6.07, 6.45) is 0.711. The quantitative estimate of drug-likeness (QED) is 0.864. The molecule has 1 aromatic rings. The molecule has 0 radical (unpaired) electrons. The molecule has 0 bridgehead atoms. The van der Waals surface area contributed by atoms with Gasteiger partial charge in [-0.3, -0.25) is 4.79 Å².